The number of nitrogens with zero attached hydrogens (tertiary/aromatic N) is 1. The number of furan rings is 1. The Morgan fingerprint density at radius 3 is 2.25 bits per heavy atom. The molecule has 0 saturated heterocycles. The van der Waals surface area contributed by atoms with Gasteiger partial charge in [0.15, 0.2) is 5.78 Å². The number of benzene rings is 3. The van der Waals surface area contributed by atoms with E-state index < -0.39 is 11.5 Å². The smallest absolute Gasteiger partial charge is 0.305 e. The molecule has 4 aromatic rings. The standard InChI is InChI=1S/C37H42N2O5/c1-5-31(40)34-29-21-28(30(39(6-2)7-3)22-32(29)44-35(34)25-16-14-24(4)15-17-25)26-12-11-13-27(20-26)36(43)38-37(23-33(41)42)18-9-8-10-19-37/h11-17,20-22H,5-10,18-19,23H2,1-4H3,(H,38,43)(H,41,42). The van der Waals surface area contributed by atoms with Crippen molar-refractivity contribution < 1.29 is 23.9 Å². The first-order valence-corrected chi connectivity index (χ1v) is 15.8. The number of Topliss-reactive ketones (excluding diaryl/α,β-unsaturated/α-hetero) is 1. The number of carbonyl (C=O) groups is 3. The van der Waals surface area contributed by atoms with Gasteiger partial charge >= 0.3 is 5.97 Å². The third-order valence-corrected chi connectivity index (χ3v) is 8.94. The van der Waals surface area contributed by atoms with Crippen LogP contribution in [0.2, 0.25) is 0 Å². The number of amides is 1. The van der Waals surface area contributed by atoms with Crippen molar-refractivity contribution in [2.24, 2.45) is 0 Å². The summed E-state index contributed by atoms with van der Waals surface area (Å²) in [6, 6.07) is 19.5. The highest BCUT2D eigenvalue weighted by molar-refractivity contribution is 6.13. The molecule has 2 N–H and O–H groups in total. The molecule has 0 aliphatic heterocycles. The lowest BCUT2D eigenvalue weighted by atomic mass is 9.79. The molecule has 230 valence electrons. The molecule has 1 fully saturated rings. The van der Waals surface area contributed by atoms with Crippen molar-refractivity contribution in [1.82, 2.24) is 5.32 Å². The number of aryl methyl sites for hydroxylation is 1. The van der Waals surface area contributed by atoms with Gasteiger partial charge in [0.25, 0.3) is 5.91 Å². The number of carbonyl (C=O) groups excluding carboxylic acids is 2. The Labute approximate surface area is 259 Å². The Morgan fingerprint density at radius 2 is 1.61 bits per heavy atom. The van der Waals surface area contributed by atoms with Crippen LogP contribution in [0.4, 0.5) is 5.69 Å². The molecule has 1 aliphatic carbocycles. The van der Waals surface area contributed by atoms with Gasteiger partial charge in [0.2, 0.25) is 0 Å². The summed E-state index contributed by atoms with van der Waals surface area (Å²) in [7, 11) is 0. The Kier molecular flexibility index (Phi) is 9.23. The van der Waals surface area contributed by atoms with Gasteiger partial charge in [-0.05, 0) is 57.4 Å². The van der Waals surface area contributed by atoms with Gasteiger partial charge in [-0.25, -0.2) is 0 Å². The monoisotopic (exact) mass is 594 g/mol. The van der Waals surface area contributed by atoms with Crippen LogP contribution in [0, 0.1) is 6.92 Å². The second-order valence-corrected chi connectivity index (χ2v) is 11.9. The van der Waals surface area contributed by atoms with Crippen LogP contribution < -0.4 is 10.2 Å². The number of hydrogen-bond acceptors (Lipinski definition) is 5. The van der Waals surface area contributed by atoms with Gasteiger partial charge < -0.3 is 19.7 Å². The maximum absolute atomic E-state index is 13.6. The minimum Gasteiger partial charge on any atom is -0.481 e. The molecule has 1 heterocycles. The molecule has 0 atom stereocenters. The summed E-state index contributed by atoms with van der Waals surface area (Å²) in [5.74, 6) is -0.600. The van der Waals surface area contributed by atoms with Crippen LogP contribution in [0.25, 0.3) is 33.4 Å². The van der Waals surface area contributed by atoms with E-state index in [9.17, 15) is 19.5 Å². The van der Waals surface area contributed by atoms with E-state index in [4.69, 9.17) is 4.42 Å². The fourth-order valence-corrected chi connectivity index (χ4v) is 6.56. The quantitative estimate of drug-likeness (QED) is 0.169. The summed E-state index contributed by atoms with van der Waals surface area (Å²) >= 11 is 0. The molecule has 1 aromatic heterocycles. The predicted octanol–water partition coefficient (Wildman–Crippen LogP) is 8.42. The second kappa shape index (κ2) is 13.1. The fourth-order valence-electron chi connectivity index (χ4n) is 6.56. The van der Waals surface area contributed by atoms with Gasteiger partial charge in [0, 0.05) is 53.3 Å². The number of carboxylic acid groups (broad SMARTS) is 1. The van der Waals surface area contributed by atoms with Crippen LogP contribution in [-0.4, -0.2) is 41.4 Å². The van der Waals surface area contributed by atoms with Crippen molar-refractivity contribution in [3.63, 3.8) is 0 Å². The predicted molar refractivity (Wildman–Crippen MR) is 176 cm³/mol. The second-order valence-electron chi connectivity index (χ2n) is 11.9. The number of nitrogens with one attached hydrogen (secondary N) is 1. The summed E-state index contributed by atoms with van der Waals surface area (Å²) in [5.41, 5.74) is 5.62. The molecule has 7 heteroatoms. The number of carboxylic acids is 1. The fraction of sp³-hybridized carbons (Fsp3) is 0.378. The van der Waals surface area contributed by atoms with E-state index in [0.717, 1.165) is 65.7 Å². The lowest BCUT2D eigenvalue weighted by Crippen LogP contribution is -2.51. The van der Waals surface area contributed by atoms with Gasteiger partial charge in [-0.15, -0.1) is 0 Å². The molecule has 1 aliphatic rings. The van der Waals surface area contributed by atoms with Gasteiger partial charge in [-0.1, -0.05) is 68.1 Å². The molecule has 1 amide bonds. The van der Waals surface area contributed by atoms with Gasteiger partial charge in [-0.2, -0.15) is 0 Å². The minimum atomic E-state index is -0.902. The van der Waals surface area contributed by atoms with E-state index in [0.29, 0.717) is 41.7 Å². The lowest BCUT2D eigenvalue weighted by molar-refractivity contribution is -0.139. The normalized spacial score (nSPS) is 14.4. The highest BCUT2D eigenvalue weighted by atomic mass is 16.4. The van der Waals surface area contributed by atoms with Crippen molar-refractivity contribution in [2.75, 3.05) is 18.0 Å². The van der Waals surface area contributed by atoms with E-state index in [1.54, 1.807) is 6.07 Å². The molecule has 0 spiro atoms. The summed E-state index contributed by atoms with van der Waals surface area (Å²) in [5, 5.41) is 13.5. The Morgan fingerprint density at radius 1 is 0.909 bits per heavy atom. The molecule has 0 bridgehead atoms. The number of anilines is 1. The average Bonchev–Trinajstić information content (AvgIpc) is 3.39. The van der Waals surface area contributed by atoms with Gasteiger partial charge in [0.1, 0.15) is 11.3 Å². The van der Waals surface area contributed by atoms with Crippen molar-refractivity contribution in [2.45, 2.75) is 78.2 Å². The minimum absolute atomic E-state index is 0.00482. The maximum atomic E-state index is 13.6. The van der Waals surface area contributed by atoms with Crippen LogP contribution in [0.3, 0.4) is 0 Å². The Hall–Kier alpha value is -4.39. The molecule has 0 unspecified atom stereocenters. The summed E-state index contributed by atoms with van der Waals surface area (Å²) in [6.45, 7) is 9.60. The first-order valence-electron chi connectivity index (χ1n) is 15.8. The van der Waals surface area contributed by atoms with Crippen molar-refractivity contribution in [1.29, 1.82) is 0 Å². The molecule has 7 nitrogen and oxygen atoms in total. The number of fused-ring (bicyclic) bond motifs is 1. The summed E-state index contributed by atoms with van der Waals surface area (Å²) in [6.07, 6.45) is 4.42. The molecule has 44 heavy (non-hydrogen) atoms. The molecule has 0 radical (unpaired) electrons. The van der Waals surface area contributed by atoms with Crippen LogP contribution in [0.5, 0.6) is 0 Å². The number of ketones is 1. The highest BCUT2D eigenvalue weighted by Gasteiger charge is 2.36. The molecular formula is C37H42N2O5. The van der Waals surface area contributed by atoms with Gasteiger partial charge in [-0.3, -0.25) is 14.4 Å². The number of aliphatic carboxylic acids is 1. The van der Waals surface area contributed by atoms with E-state index in [1.807, 2.05) is 68.4 Å². The zero-order valence-corrected chi connectivity index (χ0v) is 26.2. The maximum Gasteiger partial charge on any atom is 0.305 e. The van der Waals surface area contributed by atoms with Crippen LogP contribution in [0.1, 0.15) is 92.0 Å². The first kappa shape index (κ1) is 31.0. The van der Waals surface area contributed by atoms with Crippen LogP contribution in [0.15, 0.2) is 65.1 Å². The Bertz CT molecular complexity index is 1670. The largest absolute Gasteiger partial charge is 0.481 e. The van der Waals surface area contributed by atoms with E-state index >= 15 is 0 Å². The molecular weight excluding hydrogens is 552 g/mol. The van der Waals surface area contributed by atoms with Crippen molar-refractivity contribution in [3.05, 3.63) is 77.4 Å². The van der Waals surface area contributed by atoms with Crippen molar-refractivity contribution in [3.8, 4) is 22.5 Å². The summed E-state index contributed by atoms with van der Waals surface area (Å²) < 4.78 is 6.45. The Balaban J connectivity index is 1.64. The third kappa shape index (κ3) is 6.28. The molecule has 5 rings (SSSR count). The number of hydrogen-bond donors (Lipinski definition) is 2. The highest BCUT2D eigenvalue weighted by Crippen LogP contribution is 2.42. The van der Waals surface area contributed by atoms with E-state index in [-0.39, 0.29) is 18.1 Å². The zero-order chi connectivity index (χ0) is 31.4. The van der Waals surface area contributed by atoms with Gasteiger partial charge in [0.05, 0.1) is 17.5 Å². The van der Waals surface area contributed by atoms with E-state index in [2.05, 4.69) is 24.1 Å². The average molecular weight is 595 g/mol. The number of rotatable bonds is 11. The van der Waals surface area contributed by atoms with Crippen LogP contribution >= 0.6 is 0 Å². The van der Waals surface area contributed by atoms with Crippen LogP contribution in [-0.2, 0) is 4.79 Å². The first-order chi connectivity index (χ1) is 21.2. The van der Waals surface area contributed by atoms with E-state index in [1.165, 1.54) is 0 Å². The molecule has 3 aromatic carbocycles. The molecule has 1 saturated carbocycles. The third-order valence-electron chi connectivity index (χ3n) is 8.94. The zero-order valence-electron chi connectivity index (χ0n) is 26.2. The topological polar surface area (TPSA) is 99.9 Å². The summed E-state index contributed by atoms with van der Waals surface area (Å²) in [4.78, 5) is 41.0. The SMILES string of the molecule is CCC(=O)c1c(-c2ccc(C)cc2)oc2cc(N(CC)CC)c(-c3cccc(C(=O)NC4(CC(=O)O)CCCCC4)c3)cc12. The lowest BCUT2D eigenvalue weighted by Gasteiger charge is -2.37. The van der Waals surface area contributed by atoms with Crippen molar-refractivity contribution >= 4 is 34.3 Å².